The van der Waals surface area contributed by atoms with Gasteiger partial charge in [0.2, 0.25) is 0 Å². The first kappa shape index (κ1) is 22.7. The minimum Gasteiger partial charge on any atom is -0.396 e. The van der Waals surface area contributed by atoms with Crippen LogP contribution in [-0.2, 0) is 6.54 Å². The number of aliphatic hydroxyl groups is 2. The van der Waals surface area contributed by atoms with E-state index >= 15 is 0 Å². The number of aromatic nitrogens is 1. The van der Waals surface area contributed by atoms with E-state index in [2.05, 4.69) is 21.5 Å². The summed E-state index contributed by atoms with van der Waals surface area (Å²) < 4.78 is 0. The van der Waals surface area contributed by atoms with Crippen LogP contribution in [-0.4, -0.2) is 57.2 Å². The van der Waals surface area contributed by atoms with E-state index in [9.17, 15) is 10.2 Å². The van der Waals surface area contributed by atoms with Gasteiger partial charge in [-0.15, -0.1) is 0 Å². The molecule has 1 aromatic carbocycles. The molecular weight excluding hydrogens is 392 g/mol. The number of aliphatic hydroxyl groups excluding tert-OH is 2. The minimum atomic E-state index is -0.258. The molecule has 6 N–H and O–H groups in total. The van der Waals surface area contributed by atoms with Gasteiger partial charge in [0, 0.05) is 48.6 Å². The van der Waals surface area contributed by atoms with E-state index in [0.717, 1.165) is 35.1 Å². The van der Waals surface area contributed by atoms with Gasteiger partial charge >= 0.3 is 0 Å². The van der Waals surface area contributed by atoms with Gasteiger partial charge in [0.15, 0.2) is 0 Å². The Morgan fingerprint density at radius 2 is 2.19 bits per heavy atom. The molecule has 8 nitrogen and oxygen atoms in total. The zero-order chi connectivity index (χ0) is 22.4. The van der Waals surface area contributed by atoms with E-state index in [1.54, 1.807) is 12.4 Å². The van der Waals surface area contributed by atoms with Crippen molar-refractivity contribution in [3.63, 3.8) is 0 Å². The molecule has 1 aliphatic heterocycles. The number of allylic oxidation sites excluding steroid dienone is 1. The molecule has 2 aromatic rings. The largest absolute Gasteiger partial charge is 0.396 e. The number of rotatable bonds is 9. The Hall–Kier alpha value is -2.94. The van der Waals surface area contributed by atoms with Crippen molar-refractivity contribution in [2.24, 2.45) is 22.0 Å². The van der Waals surface area contributed by atoms with Crippen LogP contribution in [0.25, 0.3) is 10.9 Å². The van der Waals surface area contributed by atoms with E-state index in [1.165, 1.54) is 5.01 Å². The molecule has 0 amide bonds. The topological polar surface area (TPSA) is 124 Å². The Kier molecular flexibility index (Phi) is 7.27. The Labute approximate surface area is 183 Å². The van der Waals surface area contributed by atoms with Gasteiger partial charge in [-0.1, -0.05) is 18.7 Å². The van der Waals surface area contributed by atoms with Crippen molar-refractivity contribution >= 4 is 16.7 Å². The molecule has 1 aromatic heterocycles. The number of amidine groups is 1. The highest BCUT2D eigenvalue weighted by molar-refractivity contribution is 5.96. The van der Waals surface area contributed by atoms with E-state index in [-0.39, 0.29) is 24.5 Å². The van der Waals surface area contributed by atoms with Crippen LogP contribution in [0.5, 0.6) is 0 Å². The van der Waals surface area contributed by atoms with E-state index in [1.807, 2.05) is 37.3 Å². The molecule has 166 valence electrons. The van der Waals surface area contributed by atoms with Crippen molar-refractivity contribution in [3.8, 4) is 0 Å². The van der Waals surface area contributed by atoms with Crippen molar-refractivity contribution in [1.29, 1.82) is 0 Å². The lowest BCUT2D eigenvalue weighted by Gasteiger charge is -2.27. The average molecular weight is 425 g/mol. The van der Waals surface area contributed by atoms with Crippen LogP contribution in [0.15, 0.2) is 65.7 Å². The molecule has 31 heavy (non-hydrogen) atoms. The number of hydrogen-bond donors (Lipinski definition) is 4. The molecule has 0 bridgehead atoms. The Morgan fingerprint density at radius 1 is 1.39 bits per heavy atom. The van der Waals surface area contributed by atoms with E-state index in [4.69, 9.17) is 11.6 Å². The fourth-order valence-electron chi connectivity index (χ4n) is 3.87. The van der Waals surface area contributed by atoms with Crippen molar-refractivity contribution in [2.75, 3.05) is 26.3 Å². The lowest BCUT2D eigenvalue weighted by atomic mass is 9.85. The first-order chi connectivity index (χ1) is 14.9. The molecule has 0 aliphatic carbocycles. The van der Waals surface area contributed by atoms with Gasteiger partial charge in [-0.25, -0.2) is 10.8 Å². The number of hydrazine groups is 1. The van der Waals surface area contributed by atoms with E-state index < -0.39 is 0 Å². The summed E-state index contributed by atoms with van der Waals surface area (Å²) in [5.41, 5.74) is 9.18. The maximum absolute atomic E-state index is 9.74. The smallest absolute Gasteiger partial charge is 0.147 e. The third-order valence-corrected chi connectivity index (χ3v) is 5.97. The second kappa shape index (κ2) is 9.91. The number of aliphatic imine (C=N–C) groups is 1. The monoisotopic (exact) mass is 424 g/mol. The second-order valence-corrected chi connectivity index (χ2v) is 8.19. The first-order valence-electron chi connectivity index (χ1n) is 10.4. The van der Waals surface area contributed by atoms with Gasteiger partial charge < -0.3 is 25.9 Å². The summed E-state index contributed by atoms with van der Waals surface area (Å²) in [6, 6.07) is 9.89. The summed E-state index contributed by atoms with van der Waals surface area (Å²) in [6.07, 6.45) is 4.88. The van der Waals surface area contributed by atoms with Crippen molar-refractivity contribution < 1.29 is 10.2 Å². The van der Waals surface area contributed by atoms with Gasteiger partial charge in [-0.05, 0) is 43.5 Å². The third-order valence-electron chi connectivity index (χ3n) is 5.97. The molecule has 1 saturated heterocycles. The van der Waals surface area contributed by atoms with Crippen LogP contribution in [0, 0.1) is 5.41 Å². The molecule has 0 radical (unpaired) electrons. The van der Waals surface area contributed by atoms with Crippen molar-refractivity contribution in [2.45, 2.75) is 26.3 Å². The zero-order valence-corrected chi connectivity index (χ0v) is 18.0. The SMILES string of the molecule is C=C(C(N)=N/C=C(\C)N1CCC(CO)(CCO)C1)N(N)Cc1ccc2ncccc2c1. The van der Waals surface area contributed by atoms with Gasteiger partial charge in [0.05, 0.1) is 24.4 Å². The maximum atomic E-state index is 9.74. The van der Waals surface area contributed by atoms with Crippen LogP contribution in [0.2, 0.25) is 0 Å². The highest BCUT2D eigenvalue weighted by Gasteiger charge is 2.37. The fourth-order valence-corrected chi connectivity index (χ4v) is 3.87. The molecule has 3 rings (SSSR count). The normalized spacial score (nSPS) is 19.8. The summed E-state index contributed by atoms with van der Waals surface area (Å²) in [5, 5.41) is 21.5. The predicted octanol–water partition coefficient (Wildman–Crippen LogP) is 1.71. The van der Waals surface area contributed by atoms with Gasteiger partial charge in [0.1, 0.15) is 5.84 Å². The Balaban J connectivity index is 1.62. The van der Waals surface area contributed by atoms with Crippen LogP contribution >= 0.6 is 0 Å². The van der Waals surface area contributed by atoms with Crippen molar-refractivity contribution in [3.05, 3.63) is 66.3 Å². The van der Waals surface area contributed by atoms with Crippen molar-refractivity contribution in [1.82, 2.24) is 14.9 Å². The molecule has 1 fully saturated rings. The Bertz CT molecular complexity index is 989. The summed E-state index contributed by atoms with van der Waals surface area (Å²) in [6.45, 7) is 7.99. The Morgan fingerprint density at radius 3 is 2.94 bits per heavy atom. The number of benzene rings is 1. The van der Waals surface area contributed by atoms with E-state index in [0.29, 0.717) is 25.2 Å². The molecule has 0 saturated carbocycles. The average Bonchev–Trinajstić information content (AvgIpc) is 3.21. The molecule has 0 spiro atoms. The molecule has 8 heteroatoms. The van der Waals surface area contributed by atoms with Crippen LogP contribution in [0.1, 0.15) is 25.3 Å². The zero-order valence-electron chi connectivity index (χ0n) is 18.0. The number of fused-ring (bicyclic) bond motifs is 1. The van der Waals surface area contributed by atoms with Crippen LogP contribution < -0.4 is 11.6 Å². The molecule has 1 unspecified atom stereocenters. The number of nitrogens with zero attached hydrogens (tertiary/aromatic N) is 4. The summed E-state index contributed by atoms with van der Waals surface area (Å²) in [4.78, 5) is 10.8. The molecule has 1 atom stereocenters. The van der Waals surface area contributed by atoms with Gasteiger partial charge in [0.25, 0.3) is 0 Å². The number of nitrogens with two attached hydrogens (primary N) is 2. The standard InChI is InChI=1S/C23H32N6O2/c1-17(28-10-7-23(15-28,16-31)8-11-30)13-27-22(24)18(2)29(25)14-19-5-6-21-20(12-19)4-3-9-26-21/h3-6,9,12-13,30-31H,2,7-8,10-11,14-16,25H2,1H3,(H2,24,27)/b17-13+. The highest BCUT2D eigenvalue weighted by atomic mass is 16.3. The summed E-state index contributed by atoms with van der Waals surface area (Å²) in [5.74, 6) is 6.43. The minimum absolute atomic E-state index is 0.0620. The first-order valence-corrected chi connectivity index (χ1v) is 10.4. The number of hydrogen-bond acceptors (Lipinski definition) is 7. The summed E-state index contributed by atoms with van der Waals surface area (Å²) in [7, 11) is 0. The number of pyridine rings is 1. The highest BCUT2D eigenvalue weighted by Crippen LogP contribution is 2.35. The fraction of sp³-hybridized carbons (Fsp3) is 0.391. The quantitative estimate of drug-likeness (QED) is 0.209. The maximum Gasteiger partial charge on any atom is 0.147 e. The van der Waals surface area contributed by atoms with Crippen LogP contribution in [0.4, 0.5) is 0 Å². The third kappa shape index (κ3) is 5.41. The lowest BCUT2D eigenvalue weighted by Crippen LogP contribution is -2.35. The second-order valence-electron chi connectivity index (χ2n) is 8.19. The molecule has 2 heterocycles. The molecular formula is C23H32N6O2. The lowest BCUT2D eigenvalue weighted by molar-refractivity contribution is 0.0991. The van der Waals surface area contributed by atoms with Gasteiger partial charge in [-0.2, -0.15) is 0 Å². The molecule has 1 aliphatic rings. The summed E-state index contributed by atoms with van der Waals surface area (Å²) >= 11 is 0. The van der Waals surface area contributed by atoms with Crippen LogP contribution in [0.3, 0.4) is 0 Å². The number of likely N-dealkylation sites (tertiary alicyclic amines) is 1. The predicted molar refractivity (Wildman–Crippen MR) is 123 cm³/mol. The van der Waals surface area contributed by atoms with Gasteiger partial charge in [-0.3, -0.25) is 4.98 Å².